The van der Waals surface area contributed by atoms with E-state index in [1.165, 1.54) is 0 Å². The SMILES string of the molecule is C/C=C(\C)CNF. The molecule has 0 heterocycles. The zero-order chi connectivity index (χ0) is 5.70. The molecule has 0 saturated heterocycles. The van der Waals surface area contributed by atoms with Crippen molar-refractivity contribution in [1.82, 2.24) is 5.54 Å². The second-order valence-electron chi connectivity index (χ2n) is 1.45. The molecule has 0 atom stereocenters. The summed E-state index contributed by atoms with van der Waals surface area (Å²) in [5.74, 6) is 0. The molecule has 2 heteroatoms. The second-order valence-corrected chi connectivity index (χ2v) is 1.45. The maximum absolute atomic E-state index is 11.1. The standard InChI is InChI=1S/C5H10FN/c1-3-5(2)4-7-6/h3,7H,4H2,1-2H3/b5-3+. The third-order valence-electron chi connectivity index (χ3n) is 0.838. The average Bonchev–Trinajstić information content (AvgIpc) is 1.68. The van der Waals surface area contributed by atoms with Gasteiger partial charge in [-0.15, -0.1) is 4.48 Å². The first-order valence-electron chi connectivity index (χ1n) is 2.26. The van der Waals surface area contributed by atoms with Crippen LogP contribution in [0.3, 0.4) is 0 Å². The molecule has 0 aromatic heterocycles. The van der Waals surface area contributed by atoms with Gasteiger partial charge in [0.2, 0.25) is 0 Å². The Balaban J connectivity index is 3.17. The maximum atomic E-state index is 11.1. The Morgan fingerprint density at radius 3 is 2.57 bits per heavy atom. The molecule has 0 aliphatic carbocycles. The van der Waals surface area contributed by atoms with Crippen LogP contribution < -0.4 is 5.54 Å². The molecule has 0 fully saturated rings. The largest absolute Gasteiger partial charge is 0.155 e. The Bertz CT molecular complexity index is 68.5. The maximum Gasteiger partial charge on any atom is 0.0467 e. The van der Waals surface area contributed by atoms with Gasteiger partial charge in [0.25, 0.3) is 0 Å². The van der Waals surface area contributed by atoms with Crippen molar-refractivity contribution in [2.75, 3.05) is 6.54 Å². The lowest BCUT2D eigenvalue weighted by molar-refractivity contribution is 0.352. The van der Waals surface area contributed by atoms with Gasteiger partial charge >= 0.3 is 0 Å². The summed E-state index contributed by atoms with van der Waals surface area (Å²) in [6, 6.07) is 0. The van der Waals surface area contributed by atoms with E-state index < -0.39 is 0 Å². The van der Waals surface area contributed by atoms with Crippen LogP contribution >= 0.6 is 0 Å². The van der Waals surface area contributed by atoms with Crippen LogP contribution in [-0.4, -0.2) is 6.54 Å². The van der Waals surface area contributed by atoms with Crippen molar-refractivity contribution in [3.05, 3.63) is 11.6 Å². The molecule has 0 aromatic carbocycles. The van der Waals surface area contributed by atoms with E-state index in [0.717, 1.165) is 5.57 Å². The molecule has 0 aliphatic heterocycles. The predicted molar refractivity (Wildman–Crippen MR) is 28.5 cm³/mol. The van der Waals surface area contributed by atoms with Crippen LogP contribution in [0.5, 0.6) is 0 Å². The molecule has 0 aliphatic rings. The molecule has 0 saturated carbocycles. The molecule has 0 spiro atoms. The monoisotopic (exact) mass is 103 g/mol. The van der Waals surface area contributed by atoms with Crippen molar-refractivity contribution < 1.29 is 4.48 Å². The van der Waals surface area contributed by atoms with Crippen molar-refractivity contribution >= 4 is 0 Å². The van der Waals surface area contributed by atoms with Gasteiger partial charge in [-0.3, -0.25) is 0 Å². The zero-order valence-electron chi connectivity index (χ0n) is 4.66. The van der Waals surface area contributed by atoms with E-state index >= 15 is 0 Å². The molecule has 0 aromatic rings. The molecular formula is C5H10FN. The van der Waals surface area contributed by atoms with Gasteiger partial charge < -0.3 is 0 Å². The van der Waals surface area contributed by atoms with Crippen LogP contribution in [-0.2, 0) is 0 Å². The van der Waals surface area contributed by atoms with Crippen molar-refractivity contribution in [2.24, 2.45) is 0 Å². The third-order valence-corrected chi connectivity index (χ3v) is 0.838. The molecular weight excluding hydrogens is 93.1 g/mol. The molecule has 1 N–H and O–H groups in total. The molecule has 0 unspecified atom stereocenters. The minimum absolute atomic E-state index is 0.344. The van der Waals surface area contributed by atoms with E-state index in [1.807, 2.05) is 19.9 Å². The summed E-state index contributed by atoms with van der Waals surface area (Å²) in [4.78, 5) is 0. The first-order valence-corrected chi connectivity index (χ1v) is 2.26. The smallest absolute Gasteiger partial charge is 0.0467 e. The summed E-state index contributed by atoms with van der Waals surface area (Å²) in [5.41, 5.74) is 2.57. The fourth-order valence-corrected chi connectivity index (χ4v) is 0.207. The summed E-state index contributed by atoms with van der Waals surface area (Å²) in [6.07, 6.45) is 1.87. The zero-order valence-corrected chi connectivity index (χ0v) is 4.66. The lowest BCUT2D eigenvalue weighted by atomic mass is 10.3. The van der Waals surface area contributed by atoms with Gasteiger partial charge in [0.1, 0.15) is 0 Å². The molecule has 0 radical (unpaired) electrons. The highest BCUT2D eigenvalue weighted by Gasteiger charge is 1.80. The van der Waals surface area contributed by atoms with Crippen molar-refractivity contribution in [3.63, 3.8) is 0 Å². The lowest BCUT2D eigenvalue weighted by Crippen LogP contribution is -2.02. The van der Waals surface area contributed by atoms with Crippen LogP contribution in [0.15, 0.2) is 11.6 Å². The minimum Gasteiger partial charge on any atom is -0.155 e. The van der Waals surface area contributed by atoms with Gasteiger partial charge in [-0.05, 0) is 13.8 Å². The van der Waals surface area contributed by atoms with Gasteiger partial charge in [0.05, 0.1) is 0 Å². The average molecular weight is 103 g/mol. The van der Waals surface area contributed by atoms with E-state index in [9.17, 15) is 4.48 Å². The number of nitrogens with one attached hydrogen (secondary N) is 1. The van der Waals surface area contributed by atoms with Crippen LogP contribution in [0.1, 0.15) is 13.8 Å². The molecule has 7 heavy (non-hydrogen) atoms. The van der Waals surface area contributed by atoms with Gasteiger partial charge in [-0.2, -0.15) is 5.54 Å². The molecule has 42 valence electrons. The third kappa shape index (κ3) is 3.46. The molecule has 0 bridgehead atoms. The highest BCUT2D eigenvalue weighted by molar-refractivity contribution is 4.96. The first-order chi connectivity index (χ1) is 3.31. The topological polar surface area (TPSA) is 12.0 Å². The van der Waals surface area contributed by atoms with E-state index in [-0.39, 0.29) is 0 Å². The number of allylic oxidation sites excluding steroid dienone is 1. The molecule has 0 rings (SSSR count). The Morgan fingerprint density at radius 1 is 1.86 bits per heavy atom. The molecule has 1 nitrogen and oxygen atoms in total. The minimum atomic E-state index is 0.344. The summed E-state index contributed by atoms with van der Waals surface area (Å²) in [6.45, 7) is 4.09. The summed E-state index contributed by atoms with van der Waals surface area (Å²) in [5, 5.41) is 0. The van der Waals surface area contributed by atoms with Crippen LogP contribution in [0.2, 0.25) is 0 Å². The Hall–Kier alpha value is -0.370. The van der Waals surface area contributed by atoms with E-state index in [4.69, 9.17) is 0 Å². The van der Waals surface area contributed by atoms with Crippen LogP contribution in [0.25, 0.3) is 0 Å². The number of halogens is 1. The Morgan fingerprint density at radius 2 is 2.43 bits per heavy atom. The highest BCUT2D eigenvalue weighted by atomic mass is 19.2. The highest BCUT2D eigenvalue weighted by Crippen LogP contribution is 1.85. The number of hydrogen-bond acceptors (Lipinski definition) is 1. The Kier molecular flexibility index (Phi) is 3.61. The second kappa shape index (κ2) is 3.81. The summed E-state index contributed by atoms with van der Waals surface area (Å²) < 4.78 is 11.1. The van der Waals surface area contributed by atoms with Crippen molar-refractivity contribution in [1.29, 1.82) is 0 Å². The van der Waals surface area contributed by atoms with Gasteiger partial charge in [-0.1, -0.05) is 11.6 Å². The normalized spacial score (nSPS) is 12.1. The van der Waals surface area contributed by atoms with Gasteiger partial charge in [0, 0.05) is 6.54 Å². The van der Waals surface area contributed by atoms with Crippen LogP contribution in [0, 0.1) is 0 Å². The van der Waals surface area contributed by atoms with Gasteiger partial charge in [0.15, 0.2) is 0 Å². The van der Waals surface area contributed by atoms with Crippen molar-refractivity contribution in [2.45, 2.75) is 13.8 Å². The number of hydrogen-bond donors (Lipinski definition) is 1. The van der Waals surface area contributed by atoms with Gasteiger partial charge in [-0.25, -0.2) is 0 Å². The fraction of sp³-hybridized carbons (Fsp3) is 0.600. The lowest BCUT2D eigenvalue weighted by Gasteiger charge is -1.90. The van der Waals surface area contributed by atoms with E-state index in [0.29, 0.717) is 6.54 Å². The Labute approximate surface area is 43.2 Å². The first kappa shape index (κ1) is 6.63. The van der Waals surface area contributed by atoms with E-state index in [1.54, 1.807) is 5.54 Å². The van der Waals surface area contributed by atoms with Crippen molar-refractivity contribution in [3.8, 4) is 0 Å². The summed E-state index contributed by atoms with van der Waals surface area (Å²) in [7, 11) is 0. The quantitative estimate of drug-likeness (QED) is 0.411. The predicted octanol–water partition coefficient (Wildman–Crippen LogP) is 1.43. The fourth-order valence-electron chi connectivity index (χ4n) is 0.207. The van der Waals surface area contributed by atoms with E-state index in [2.05, 4.69) is 0 Å². The molecule has 0 amide bonds. The summed E-state index contributed by atoms with van der Waals surface area (Å²) >= 11 is 0. The van der Waals surface area contributed by atoms with Crippen LogP contribution in [0.4, 0.5) is 4.48 Å². The number of rotatable bonds is 2.